The Morgan fingerprint density at radius 2 is 2.08 bits per heavy atom. The van der Waals surface area contributed by atoms with E-state index in [4.69, 9.17) is 9.47 Å². The molecule has 24 heavy (non-hydrogen) atoms. The molecule has 5 nitrogen and oxygen atoms in total. The van der Waals surface area contributed by atoms with E-state index in [1.165, 1.54) is 12.0 Å². The topological polar surface area (TPSA) is 54.9 Å². The smallest absolute Gasteiger partial charge is 0.191 e. The Balaban J connectivity index is 0.00000288. The number of benzene rings is 1. The molecule has 0 amide bonds. The summed E-state index contributed by atoms with van der Waals surface area (Å²) in [4.78, 5) is 4.23. The molecule has 0 aliphatic carbocycles. The minimum absolute atomic E-state index is 0. The van der Waals surface area contributed by atoms with Gasteiger partial charge >= 0.3 is 0 Å². The molecule has 0 saturated carbocycles. The average molecular weight is 447 g/mol. The van der Waals surface area contributed by atoms with Crippen molar-refractivity contribution in [3.05, 3.63) is 35.9 Å². The molecule has 1 heterocycles. The number of hydrogen-bond donors (Lipinski definition) is 2. The lowest BCUT2D eigenvalue weighted by Gasteiger charge is -2.15. The van der Waals surface area contributed by atoms with Crippen molar-refractivity contribution in [2.24, 2.45) is 4.99 Å². The highest BCUT2D eigenvalue weighted by molar-refractivity contribution is 14.0. The number of halogens is 1. The monoisotopic (exact) mass is 447 g/mol. The molecule has 0 aromatic heterocycles. The molecule has 0 bridgehead atoms. The summed E-state index contributed by atoms with van der Waals surface area (Å²) in [6, 6.07) is 10.3. The van der Waals surface area contributed by atoms with Crippen LogP contribution in [0.15, 0.2) is 35.3 Å². The summed E-state index contributed by atoms with van der Waals surface area (Å²) < 4.78 is 11.3. The van der Waals surface area contributed by atoms with Crippen molar-refractivity contribution in [3.8, 4) is 0 Å². The fourth-order valence-electron chi connectivity index (χ4n) is 2.54. The molecule has 0 radical (unpaired) electrons. The zero-order chi connectivity index (χ0) is 16.2. The maximum atomic E-state index is 5.68. The van der Waals surface area contributed by atoms with Gasteiger partial charge in [0, 0.05) is 33.4 Å². The van der Waals surface area contributed by atoms with Crippen molar-refractivity contribution in [2.45, 2.75) is 38.4 Å². The van der Waals surface area contributed by atoms with Gasteiger partial charge in [-0.05, 0) is 31.2 Å². The molecule has 1 unspecified atom stereocenters. The van der Waals surface area contributed by atoms with Crippen LogP contribution in [-0.2, 0) is 16.1 Å². The van der Waals surface area contributed by atoms with Gasteiger partial charge in [0.25, 0.3) is 0 Å². The number of rotatable bonds is 9. The highest BCUT2D eigenvalue weighted by atomic mass is 127. The molecule has 0 spiro atoms. The van der Waals surface area contributed by atoms with Crippen LogP contribution in [0.5, 0.6) is 0 Å². The van der Waals surface area contributed by atoms with Crippen molar-refractivity contribution < 1.29 is 9.47 Å². The summed E-state index contributed by atoms with van der Waals surface area (Å²) in [5.74, 6) is 0.853. The third-order valence-electron chi connectivity index (χ3n) is 3.86. The molecule has 2 rings (SSSR count). The van der Waals surface area contributed by atoms with Crippen LogP contribution >= 0.6 is 24.0 Å². The molecule has 6 heteroatoms. The quantitative estimate of drug-likeness (QED) is 0.265. The minimum atomic E-state index is 0. The van der Waals surface area contributed by atoms with Crippen molar-refractivity contribution >= 4 is 29.9 Å². The van der Waals surface area contributed by atoms with Gasteiger partial charge in [-0.2, -0.15) is 0 Å². The van der Waals surface area contributed by atoms with Gasteiger partial charge in [-0.15, -0.1) is 24.0 Å². The third kappa shape index (κ3) is 8.84. The van der Waals surface area contributed by atoms with Gasteiger partial charge in [-0.3, -0.25) is 4.99 Å². The van der Waals surface area contributed by atoms with E-state index >= 15 is 0 Å². The number of nitrogens with one attached hydrogen (secondary N) is 2. The van der Waals surface area contributed by atoms with Gasteiger partial charge < -0.3 is 20.1 Å². The summed E-state index contributed by atoms with van der Waals surface area (Å²) >= 11 is 0. The molecular weight excluding hydrogens is 417 g/mol. The predicted octanol–water partition coefficient (Wildman–Crippen LogP) is 2.95. The average Bonchev–Trinajstić information content (AvgIpc) is 3.11. The van der Waals surface area contributed by atoms with Crippen LogP contribution in [0.1, 0.15) is 31.2 Å². The maximum Gasteiger partial charge on any atom is 0.191 e. The second-order valence-corrected chi connectivity index (χ2v) is 5.76. The van der Waals surface area contributed by atoms with Gasteiger partial charge in [-0.25, -0.2) is 0 Å². The van der Waals surface area contributed by atoms with Crippen molar-refractivity contribution in [2.75, 3.05) is 33.4 Å². The first kappa shape index (κ1) is 21.2. The Labute approximate surface area is 162 Å². The Hall–Kier alpha value is -0.860. The van der Waals surface area contributed by atoms with Crippen LogP contribution in [0.3, 0.4) is 0 Å². The highest BCUT2D eigenvalue weighted by Gasteiger charge is 2.15. The Morgan fingerprint density at radius 1 is 1.25 bits per heavy atom. The number of nitrogens with zero attached hydrogens (tertiary/aromatic N) is 1. The van der Waals surface area contributed by atoms with E-state index in [1.807, 2.05) is 18.2 Å². The molecule has 1 fully saturated rings. The van der Waals surface area contributed by atoms with Gasteiger partial charge in [0.1, 0.15) is 0 Å². The molecule has 1 aliphatic rings. The molecule has 1 saturated heterocycles. The van der Waals surface area contributed by atoms with Crippen molar-refractivity contribution in [1.29, 1.82) is 0 Å². The van der Waals surface area contributed by atoms with Crippen LogP contribution < -0.4 is 10.6 Å². The predicted molar refractivity (Wildman–Crippen MR) is 109 cm³/mol. The zero-order valence-electron chi connectivity index (χ0n) is 14.5. The van der Waals surface area contributed by atoms with Crippen LogP contribution in [0, 0.1) is 0 Å². The van der Waals surface area contributed by atoms with Crippen LogP contribution in [-0.4, -0.2) is 45.4 Å². The maximum absolute atomic E-state index is 5.68. The minimum Gasteiger partial charge on any atom is -0.377 e. The normalized spacial score (nSPS) is 17.4. The molecule has 2 N–H and O–H groups in total. The molecule has 1 aromatic carbocycles. The van der Waals surface area contributed by atoms with Gasteiger partial charge in [0.15, 0.2) is 5.96 Å². The Bertz CT molecular complexity index is 451. The van der Waals surface area contributed by atoms with E-state index in [-0.39, 0.29) is 24.0 Å². The zero-order valence-corrected chi connectivity index (χ0v) is 16.8. The molecule has 136 valence electrons. The first-order valence-electron chi connectivity index (χ1n) is 8.56. The highest BCUT2D eigenvalue weighted by Crippen LogP contribution is 2.10. The summed E-state index contributed by atoms with van der Waals surface area (Å²) in [5.41, 5.74) is 1.23. The van der Waals surface area contributed by atoms with Crippen molar-refractivity contribution in [3.63, 3.8) is 0 Å². The summed E-state index contributed by atoms with van der Waals surface area (Å²) in [7, 11) is 1.80. The summed E-state index contributed by atoms with van der Waals surface area (Å²) in [6.07, 6.45) is 4.75. The number of hydrogen-bond acceptors (Lipinski definition) is 3. The number of ether oxygens (including phenoxy) is 2. The van der Waals surface area contributed by atoms with E-state index in [1.54, 1.807) is 7.05 Å². The lowest BCUT2D eigenvalue weighted by atomic mass is 10.2. The fourth-order valence-corrected chi connectivity index (χ4v) is 2.54. The fraction of sp³-hybridized carbons (Fsp3) is 0.611. The van der Waals surface area contributed by atoms with E-state index in [9.17, 15) is 0 Å². The van der Waals surface area contributed by atoms with E-state index in [0.29, 0.717) is 12.7 Å². The third-order valence-corrected chi connectivity index (χ3v) is 3.86. The Kier molecular flexibility index (Phi) is 11.9. The van der Waals surface area contributed by atoms with E-state index < -0.39 is 0 Å². The number of guanidine groups is 1. The van der Waals surface area contributed by atoms with Crippen LogP contribution in [0.2, 0.25) is 0 Å². The van der Waals surface area contributed by atoms with Crippen LogP contribution in [0.25, 0.3) is 0 Å². The molecule has 1 aliphatic heterocycles. The van der Waals surface area contributed by atoms with Gasteiger partial charge in [0.05, 0.1) is 12.7 Å². The standard InChI is InChI=1S/C18H29N3O2.HI/c1-19-18(21-14-17-10-7-13-23-17)20-11-5-6-12-22-15-16-8-3-2-4-9-16;/h2-4,8-9,17H,5-7,10-15H2,1H3,(H2,19,20,21);1H. The molecular formula is C18H30IN3O2. The second kappa shape index (κ2) is 13.4. The van der Waals surface area contributed by atoms with E-state index in [2.05, 4.69) is 27.8 Å². The van der Waals surface area contributed by atoms with Crippen molar-refractivity contribution in [1.82, 2.24) is 10.6 Å². The lowest BCUT2D eigenvalue weighted by Crippen LogP contribution is -2.41. The largest absolute Gasteiger partial charge is 0.377 e. The lowest BCUT2D eigenvalue weighted by molar-refractivity contribution is 0.113. The number of unbranched alkanes of at least 4 members (excludes halogenated alkanes) is 1. The van der Waals surface area contributed by atoms with Crippen LogP contribution in [0.4, 0.5) is 0 Å². The summed E-state index contributed by atoms with van der Waals surface area (Å²) in [6.45, 7) is 4.11. The molecule has 1 aromatic rings. The number of aliphatic imine (C=N–C) groups is 1. The Morgan fingerprint density at radius 3 is 2.79 bits per heavy atom. The molecule has 1 atom stereocenters. The van der Waals surface area contributed by atoms with Gasteiger partial charge in [-0.1, -0.05) is 30.3 Å². The summed E-state index contributed by atoms with van der Waals surface area (Å²) in [5, 5.41) is 6.65. The first-order valence-corrected chi connectivity index (χ1v) is 8.56. The second-order valence-electron chi connectivity index (χ2n) is 5.76. The van der Waals surface area contributed by atoms with E-state index in [0.717, 1.165) is 51.5 Å². The first-order chi connectivity index (χ1) is 11.4. The SMILES string of the molecule is CN=C(NCCCCOCc1ccccc1)NCC1CCCO1.I. The van der Waals surface area contributed by atoms with Gasteiger partial charge in [0.2, 0.25) is 0 Å².